The number of rotatable bonds is 6. The van der Waals surface area contributed by atoms with Gasteiger partial charge in [-0.15, -0.1) is 0 Å². The molecule has 104 valence electrons. The summed E-state index contributed by atoms with van der Waals surface area (Å²) in [4.78, 5) is 0. The molecule has 1 aliphatic carbocycles. The van der Waals surface area contributed by atoms with Crippen LogP contribution in [0.1, 0.15) is 50.6 Å². The lowest BCUT2D eigenvalue weighted by Crippen LogP contribution is -2.28. The summed E-state index contributed by atoms with van der Waals surface area (Å²) in [5.74, 6) is 6.63. The van der Waals surface area contributed by atoms with Gasteiger partial charge in [0.05, 0.1) is 6.61 Å². The zero-order valence-electron chi connectivity index (χ0n) is 11.7. The van der Waals surface area contributed by atoms with Gasteiger partial charge in [-0.05, 0) is 56.7 Å². The van der Waals surface area contributed by atoms with Crippen molar-refractivity contribution in [3.63, 3.8) is 0 Å². The van der Waals surface area contributed by atoms with E-state index in [2.05, 4.69) is 23.6 Å². The standard InChI is InChI=1S/C16H24N2O/c1-2-19-15-10-8-14(9-11-15)16(18-17)12-13-6-4-3-5-7-13/h6,8-11,16,18H,2-5,7,12,17H2,1H3. The highest BCUT2D eigenvalue weighted by Gasteiger charge is 2.13. The van der Waals surface area contributed by atoms with Crippen LogP contribution in [0.4, 0.5) is 0 Å². The molecule has 0 saturated heterocycles. The Bertz CT molecular complexity index is 411. The predicted molar refractivity (Wildman–Crippen MR) is 78.8 cm³/mol. The first-order chi connectivity index (χ1) is 9.33. The summed E-state index contributed by atoms with van der Waals surface area (Å²) in [5.41, 5.74) is 5.69. The second-order valence-electron chi connectivity index (χ2n) is 5.03. The third kappa shape index (κ3) is 4.08. The molecule has 3 nitrogen and oxygen atoms in total. The van der Waals surface area contributed by atoms with E-state index in [0.717, 1.165) is 12.2 Å². The molecule has 0 spiro atoms. The SMILES string of the molecule is CCOc1ccc(C(CC2=CCCCC2)NN)cc1. The van der Waals surface area contributed by atoms with Gasteiger partial charge in [-0.3, -0.25) is 11.3 Å². The van der Waals surface area contributed by atoms with E-state index >= 15 is 0 Å². The molecule has 1 aromatic carbocycles. The number of benzene rings is 1. The van der Waals surface area contributed by atoms with Crippen molar-refractivity contribution in [2.75, 3.05) is 6.61 Å². The highest BCUT2D eigenvalue weighted by molar-refractivity contribution is 5.30. The van der Waals surface area contributed by atoms with Crippen molar-refractivity contribution in [3.05, 3.63) is 41.5 Å². The molecule has 0 fully saturated rings. The fraction of sp³-hybridized carbons (Fsp3) is 0.500. The smallest absolute Gasteiger partial charge is 0.119 e. The molecule has 1 unspecified atom stereocenters. The Morgan fingerprint density at radius 3 is 2.63 bits per heavy atom. The molecule has 2 rings (SSSR count). The molecular formula is C16H24N2O. The lowest BCUT2D eigenvalue weighted by atomic mass is 9.92. The summed E-state index contributed by atoms with van der Waals surface area (Å²) in [6.07, 6.45) is 8.46. The molecule has 1 aliphatic rings. The topological polar surface area (TPSA) is 47.3 Å². The molecule has 3 heteroatoms. The normalized spacial score (nSPS) is 16.8. The minimum absolute atomic E-state index is 0.194. The molecule has 0 amide bonds. The highest BCUT2D eigenvalue weighted by atomic mass is 16.5. The summed E-state index contributed by atoms with van der Waals surface area (Å²) in [7, 11) is 0. The van der Waals surface area contributed by atoms with Crippen LogP contribution >= 0.6 is 0 Å². The Kier molecular flexibility index (Phi) is 5.43. The third-order valence-corrected chi connectivity index (χ3v) is 3.65. The molecule has 3 N–H and O–H groups in total. The van der Waals surface area contributed by atoms with Crippen molar-refractivity contribution in [2.45, 2.75) is 45.1 Å². The van der Waals surface area contributed by atoms with Crippen LogP contribution in [-0.4, -0.2) is 6.61 Å². The quantitative estimate of drug-likeness (QED) is 0.467. The van der Waals surface area contributed by atoms with Crippen LogP contribution in [0.25, 0.3) is 0 Å². The summed E-state index contributed by atoms with van der Waals surface area (Å²) >= 11 is 0. The van der Waals surface area contributed by atoms with Gasteiger partial charge in [0.25, 0.3) is 0 Å². The lowest BCUT2D eigenvalue weighted by molar-refractivity contribution is 0.340. The summed E-state index contributed by atoms with van der Waals surface area (Å²) in [6.45, 7) is 2.69. The number of hydrazine groups is 1. The lowest BCUT2D eigenvalue weighted by Gasteiger charge is -2.20. The fourth-order valence-electron chi connectivity index (χ4n) is 2.59. The average molecular weight is 260 g/mol. The molecule has 0 bridgehead atoms. The van der Waals surface area contributed by atoms with Crippen LogP contribution in [0, 0.1) is 0 Å². The number of allylic oxidation sites excluding steroid dienone is 1. The molecule has 19 heavy (non-hydrogen) atoms. The molecular weight excluding hydrogens is 236 g/mol. The second kappa shape index (κ2) is 7.31. The Morgan fingerprint density at radius 1 is 1.26 bits per heavy atom. The van der Waals surface area contributed by atoms with Gasteiger partial charge in [-0.25, -0.2) is 0 Å². The zero-order chi connectivity index (χ0) is 13.5. The Hall–Kier alpha value is -1.32. The monoisotopic (exact) mass is 260 g/mol. The maximum absolute atomic E-state index is 5.71. The minimum Gasteiger partial charge on any atom is -0.494 e. The van der Waals surface area contributed by atoms with Gasteiger partial charge < -0.3 is 4.74 Å². The first-order valence-corrected chi connectivity index (χ1v) is 7.20. The van der Waals surface area contributed by atoms with Crippen molar-refractivity contribution in [2.24, 2.45) is 5.84 Å². The summed E-state index contributed by atoms with van der Waals surface area (Å²) < 4.78 is 5.46. The van der Waals surface area contributed by atoms with Gasteiger partial charge in [0.1, 0.15) is 5.75 Å². The predicted octanol–water partition coefficient (Wildman–Crippen LogP) is 3.48. The molecule has 0 heterocycles. The van der Waals surface area contributed by atoms with Gasteiger partial charge in [-0.2, -0.15) is 0 Å². The first kappa shape index (κ1) is 14.1. The first-order valence-electron chi connectivity index (χ1n) is 7.20. The van der Waals surface area contributed by atoms with Crippen molar-refractivity contribution in [3.8, 4) is 5.75 Å². The van der Waals surface area contributed by atoms with E-state index in [-0.39, 0.29) is 6.04 Å². The largest absolute Gasteiger partial charge is 0.494 e. The van der Waals surface area contributed by atoms with E-state index < -0.39 is 0 Å². The second-order valence-corrected chi connectivity index (χ2v) is 5.03. The van der Waals surface area contributed by atoms with Crippen molar-refractivity contribution < 1.29 is 4.74 Å². The molecule has 1 atom stereocenters. The number of hydrogen-bond donors (Lipinski definition) is 2. The number of hydrogen-bond acceptors (Lipinski definition) is 3. The van der Waals surface area contributed by atoms with E-state index in [0.29, 0.717) is 6.61 Å². The Morgan fingerprint density at radius 2 is 2.05 bits per heavy atom. The summed E-state index contributed by atoms with van der Waals surface area (Å²) in [5, 5.41) is 0. The van der Waals surface area contributed by atoms with Crippen molar-refractivity contribution in [1.29, 1.82) is 0 Å². The van der Waals surface area contributed by atoms with E-state index in [1.807, 2.05) is 19.1 Å². The minimum atomic E-state index is 0.194. The van der Waals surface area contributed by atoms with Crippen LogP contribution in [-0.2, 0) is 0 Å². The molecule has 0 saturated carbocycles. The van der Waals surface area contributed by atoms with Crippen LogP contribution in [0.2, 0.25) is 0 Å². The molecule has 0 aromatic heterocycles. The third-order valence-electron chi connectivity index (χ3n) is 3.65. The van der Waals surface area contributed by atoms with Crippen LogP contribution in [0.5, 0.6) is 5.75 Å². The summed E-state index contributed by atoms with van der Waals surface area (Å²) in [6, 6.07) is 8.41. The van der Waals surface area contributed by atoms with Gasteiger partial charge in [0.15, 0.2) is 0 Å². The van der Waals surface area contributed by atoms with Crippen LogP contribution in [0.15, 0.2) is 35.9 Å². The fourth-order valence-corrected chi connectivity index (χ4v) is 2.59. The van der Waals surface area contributed by atoms with Crippen molar-refractivity contribution >= 4 is 0 Å². The number of ether oxygens (including phenoxy) is 1. The van der Waals surface area contributed by atoms with E-state index in [9.17, 15) is 0 Å². The van der Waals surface area contributed by atoms with E-state index in [4.69, 9.17) is 10.6 Å². The van der Waals surface area contributed by atoms with Gasteiger partial charge in [-0.1, -0.05) is 23.8 Å². The number of nitrogens with one attached hydrogen (secondary N) is 1. The maximum atomic E-state index is 5.71. The van der Waals surface area contributed by atoms with E-state index in [1.54, 1.807) is 0 Å². The maximum Gasteiger partial charge on any atom is 0.119 e. The molecule has 0 radical (unpaired) electrons. The highest BCUT2D eigenvalue weighted by Crippen LogP contribution is 2.28. The van der Waals surface area contributed by atoms with E-state index in [1.165, 1.54) is 36.8 Å². The van der Waals surface area contributed by atoms with Crippen LogP contribution in [0.3, 0.4) is 0 Å². The Labute approximate surface area is 115 Å². The van der Waals surface area contributed by atoms with Gasteiger partial charge in [0.2, 0.25) is 0 Å². The van der Waals surface area contributed by atoms with Gasteiger partial charge in [0, 0.05) is 6.04 Å². The van der Waals surface area contributed by atoms with Crippen LogP contribution < -0.4 is 16.0 Å². The Balaban J connectivity index is 2.01. The molecule has 1 aromatic rings. The molecule has 0 aliphatic heterocycles. The van der Waals surface area contributed by atoms with Crippen molar-refractivity contribution in [1.82, 2.24) is 5.43 Å². The number of nitrogens with two attached hydrogens (primary N) is 1. The zero-order valence-corrected chi connectivity index (χ0v) is 11.7. The average Bonchev–Trinajstić information content (AvgIpc) is 2.47. The van der Waals surface area contributed by atoms with Gasteiger partial charge >= 0.3 is 0 Å².